The zero-order chi connectivity index (χ0) is 23.5. The minimum absolute atomic E-state index is 0.0700. The van der Waals surface area contributed by atoms with Crippen molar-refractivity contribution < 1.29 is 9.16 Å². The lowest BCUT2D eigenvalue weighted by atomic mass is 9.81. The second-order valence-electron chi connectivity index (χ2n) is 11.2. The predicted octanol–water partition coefficient (Wildman–Crippen LogP) is 8.35. The van der Waals surface area contributed by atoms with E-state index in [1.165, 1.54) is 22.3 Å². The molecule has 3 nitrogen and oxygen atoms in total. The van der Waals surface area contributed by atoms with Crippen LogP contribution < -0.4 is 14.5 Å². The standard InChI is InChI=1S/C28H37NO2Si/c1-10-12-21-26-19(15-16-20-24(26)18(2)17-28(6,7)29-20)25-22(30-21)13-11-14-23(25)31-32(8,9)27(3,4)5/h10-11,13-17,21,29H,1,12H2,2-9H3. The summed E-state index contributed by atoms with van der Waals surface area (Å²) in [4.78, 5) is 0. The van der Waals surface area contributed by atoms with Gasteiger partial charge in [-0.15, -0.1) is 6.58 Å². The molecule has 0 saturated heterocycles. The average Bonchev–Trinajstić information content (AvgIpc) is 2.65. The lowest BCUT2D eigenvalue weighted by molar-refractivity contribution is 0.205. The highest BCUT2D eigenvalue weighted by Gasteiger charge is 2.41. The molecule has 2 aliphatic rings. The summed E-state index contributed by atoms with van der Waals surface area (Å²) in [6.45, 7) is 22.0. The zero-order valence-electron chi connectivity index (χ0n) is 20.8. The van der Waals surface area contributed by atoms with E-state index in [0.717, 1.165) is 29.2 Å². The molecular weight excluding hydrogens is 410 g/mol. The Morgan fingerprint density at radius 2 is 1.88 bits per heavy atom. The van der Waals surface area contributed by atoms with E-state index < -0.39 is 8.32 Å². The highest BCUT2D eigenvalue weighted by Crippen LogP contribution is 2.53. The first-order valence-electron chi connectivity index (χ1n) is 11.6. The third-order valence-electron chi connectivity index (χ3n) is 7.07. The summed E-state index contributed by atoms with van der Waals surface area (Å²) in [6, 6.07) is 10.7. The van der Waals surface area contributed by atoms with E-state index in [-0.39, 0.29) is 16.7 Å². The number of anilines is 1. The summed E-state index contributed by atoms with van der Waals surface area (Å²) < 4.78 is 13.4. The quantitative estimate of drug-likeness (QED) is 0.377. The summed E-state index contributed by atoms with van der Waals surface area (Å²) in [5.74, 6) is 1.82. The summed E-state index contributed by atoms with van der Waals surface area (Å²) in [7, 11) is -2.01. The van der Waals surface area contributed by atoms with Crippen LogP contribution in [0, 0.1) is 0 Å². The maximum absolute atomic E-state index is 6.83. The number of ether oxygens (including phenoxy) is 1. The van der Waals surface area contributed by atoms with E-state index in [9.17, 15) is 0 Å². The minimum atomic E-state index is -2.01. The van der Waals surface area contributed by atoms with Gasteiger partial charge in [0.15, 0.2) is 0 Å². The van der Waals surface area contributed by atoms with Crippen molar-refractivity contribution in [1.29, 1.82) is 0 Å². The Balaban J connectivity index is 1.95. The molecule has 0 saturated carbocycles. The number of hydrogen-bond donors (Lipinski definition) is 1. The number of hydrogen-bond acceptors (Lipinski definition) is 3. The molecule has 2 aliphatic heterocycles. The number of rotatable bonds is 4. The van der Waals surface area contributed by atoms with Crippen molar-refractivity contribution in [3.05, 3.63) is 60.2 Å². The van der Waals surface area contributed by atoms with Gasteiger partial charge < -0.3 is 14.5 Å². The van der Waals surface area contributed by atoms with Gasteiger partial charge in [-0.05, 0) is 68.2 Å². The third-order valence-corrected chi connectivity index (χ3v) is 11.4. The van der Waals surface area contributed by atoms with E-state index in [1.807, 2.05) is 12.1 Å². The molecule has 170 valence electrons. The molecule has 0 aliphatic carbocycles. The fraction of sp³-hybridized carbons (Fsp3) is 0.429. The molecule has 4 rings (SSSR count). The summed E-state index contributed by atoms with van der Waals surface area (Å²) in [5, 5.41) is 3.81. The molecule has 0 amide bonds. The van der Waals surface area contributed by atoms with Crippen LogP contribution in [0.15, 0.2) is 49.1 Å². The van der Waals surface area contributed by atoms with Crippen molar-refractivity contribution in [2.75, 3.05) is 5.32 Å². The molecule has 0 spiro atoms. The Bertz CT molecular complexity index is 1110. The SMILES string of the molecule is C=CCC1Oc2cccc(O[Si](C)(C)C(C)(C)C)c2-c2ccc3c(c21)C(C)=CC(C)(C)N3. The molecule has 2 aromatic carbocycles. The van der Waals surface area contributed by atoms with Crippen molar-refractivity contribution in [3.63, 3.8) is 0 Å². The van der Waals surface area contributed by atoms with Gasteiger partial charge in [0.2, 0.25) is 0 Å². The Hall–Kier alpha value is -2.46. The molecule has 32 heavy (non-hydrogen) atoms. The zero-order valence-corrected chi connectivity index (χ0v) is 21.8. The van der Waals surface area contributed by atoms with Gasteiger partial charge in [-0.25, -0.2) is 0 Å². The maximum atomic E-state index is 6.83. The van der Waals surface area contributed by atoms with Crippen LogP contribution in [0.4, 0.5) is 5.69 Å². The van der Waals surface area contributed by atoms with Gasteiger partial charge in [-0.2, -0.15) is 0 Å². The first kappa shape index (κ1) is 22.7. The fourth-order valence-electron chi connectivity index (χ4n) is 4.61. The van der Waals surface area contributed by atoms with E-state index in [4.69, 9.17) is 9.16 Å². The molecular formula is C28H37NO2Si. The van der Waals surface area contributed by atoms with Gasteiger partial charge in [0.25, 0.3) is 8.32 Å². The summed E-state index contributed by atoms with van der Waals surface area (Å²) in [5.41, 5.74) is 7.14. The smallest absolute Gasteiger partial charge is 0.250 e. The largest absolute Gasteiger partial charge is 0.543 e. The molecule has 1 unspecified atom stereocenters. The topological polar surface area (TPSA) is 30.5 Å². The van der Waals surface area contributed by atoms with Crippen LogP contribution in [-0.2, 0) is 0 Å². The minimum Gasteiger partial charge on any atom is -0.543 e. The van der Waals surface area contributed by atoms with Crippen LogP contribution in [-0.4, -0.2) is 13.9 Å². The lowest BCUT2D eigenvalue weighted by Crippen LogP contribution is -2.44. The predicted molar refractivity (Wildman–Crippen MR) is 139 cm³/mol. The fourth-order valence-corrected chi connectivity index (χ4v) is 5.64. The van der Waals surface area contributed by atoms with E-state index >= 15 is 0 Å². The van der Waals surface area contributed by atoms with Crippen molar-refractivity contribution in [2.45, 2.75) is 77.7 Å². The van der Waals surface area contributed by atoms with E-state index in [2.05, 4.69) is 96.9 Å². The molecule has 0 fully saturated rings. The van der Waals surface area contributed by atoms with E-state index in [0.29, 0.717) is 0 Å². The van der Waals surface area contributed by atoms with Crippen molar-refractivity contribution >= 4 is 19.6 Å². The molecule has 0 aromatic heterocycles. The van der Waals surface area contributed by atoms with E-state index in [1.54, 1.807) is 0 Å². The van der Waals surface area contributed by atoms with Crippen molar-refractivity contribution in [3.8, 4) is 22.6 Å². The number of allylic oxidation sites excluding steroid dienone is 1. The molecule has 4 heteroatoms. The second-order valence-corrected chi connectivity index (χ2v) is 16.0. The van der Waals surface area contributed by atoms with Gasteiger partial charge in [0, 0.05) is 23.2 Å². The highest BCUT2D eigenvalue weighted by atomic mass is 28.4. The van der Waals surface area contributed by atoms with Crippen LogP contribution in [0.5, 0.6) is 11.5 Å². The van der Waals surface area contributed by atoms with Crippen LogP contribution in [0.25, 0.3) is 16.7 Å². The lowest BCUT2D eigenvalue weighted by Gasteiger charge is -2.39. The van der Waals surface area contributed by atoms with Crippen LogP contribution >= 0.6 is 0 Å². The molecule has 1 atom stereocenters. The van der Waals surface area contributed by atoms with Gasteiger partial charge in [0.1, 0.15) is 17.6 Å². The Morgan fingerprint density at radius 3 is 2.53 bits per heavy atom. The van der Waals surface area contributed by atoms with Crippen LogP contribution in [0.1, 0.15) is 65.2 Å². The molecule has 2 heterocycles. The first-order valence-corrected chi connectivity index (χ1v) is 14.5. The molecule has 0 bridgehead atoms. The van der Waals surface area contributed by atoms with Crippen LogP contribution in [0.3, 0.4) is 0 Å². The van der Waals surface area contributed by atoms with Crippen molar-refractivity contribution in [1.82, 2.24) is 0 Å². The van der Waals surface area contributed by atoms with Gasteiger partial charge >= 0.3 is 0 Å². The maximum Gasteiger partial charge on any atom is 0.250 e. The average molecular weight is 448 g/mol. The number of nitrogens with one attached hydrogen (secondary N) is 1. The molecule has 2 aromatic rings. The Kier molecular flexibility index (Phi) is 5.36. The number of fused-ring (bicyclic) bond motifs is 5. The van der Waals surface area contributed by atoms with Gasteiger partial charge in [-0.3, -0.25) is 0 Å². The highest BCUT2D eigenvalue weighted by molar-refractivity contribution is 6.74. The van der Waals surface area contributed by atoms with Crippen molar-refractivity contribution in [2.24, 2.45) is 0 Å². The molecule has 0 radical (unpaired) electrons. The van der Waals surface area contributed by atoms with Crippen LogP contribution in [0.2, 0.25) is 18.1 Å². The summed E-state index contributed by atoms with van der Waals surface area (Å²) >= 11 is 0. The Morgan fingerprint density at radius 1 is 1.16 bits per heavy atom. The first-order chi connectivity index (χ1) is 14.8. The normalized spacial score (nSPS) is 18.9. The summed E-state index contributed by atoms with van der Waals surface area (Å²) in [6.07, 6.45) is 4.95. The Labute approximate surface area is 194 Å². The monoisotopic (exact) mass is 447 g/mol. The third kappa shape index (κ3) is 3.79. The van der Waals surface area contributed by atoms with Gasteiger partial charge in [0.05, 0.1) is 11.1 Å². The molecule has 1 N–H and O–H groups in total. The van der Waals surface area contributed by atoms with Gasteiger partial charge in [-0.1, -0.05) is 45.1 Å². The number of benzene rings is 2. The second kappa shape index (κ2) is 7.55.